The molecule has 2 rings (SSSR count). The molecule has 0 saturated carbocycles. The van der Waals surface area contributed by atoms with Crippen LogP contribution in [0.1, 0.15) is 17.3 Å². The number of carbonyl (C=O) groups is 1. The van der Waals surface area contributed by atoms with Crippen LogP contribution in [0.3, 0.4) is 0 Å². The molecule has 2 aromatic rings. The molecule has 1 heterocycles. The van der Waals surface area contributed by atoms with Crippen molar-refractivity contribution in [3.63, 3.8) is 0 Å². The van der Waals surface area contributed by atoms with Crippen LogP contribution in [0.4, 0.5) is 5.69 Å². The van der Waals surface area contributed by atoms with E-state index in [1.807, 2.05) is 0 Å². The number of anilines is 1. The number of hydrogen-bond acceptors (Lipinski definition) is 5. The maximum atomic E-state index is 11.5. The zero-order valence-corrected chi connectivity index (χ0v) is 10.5. The summed E-state index contributed by atoms with van der Waals surface area (Å²) < 4.78 is 10.5. The van der Waals surface area contributed by atoms with E-state index in [0.717, 1.165) is 0 Å². The largest absolute Gasteiger partial charge is 0.462 e. The van der Waals surface area contributed by atoms with E-state index in [4.69, 9.17) is 15.2 Å². The Hall–Kier alpha value is -2.56. The van der Waals surface area contributed by atoms with Gasteiger partial charge in [-0.2, -0.15) is 0 Å². The van der Waals surface area contributed by atoms with Crippen LogP contribution in [0, 0.1) is 0 Å². The van der Waals surface area contributed by atoms with E-state index in [9.17, 15) is 4.79 Å². The SMILES string of the molecule is CCOC(=O)c1ccc(Oc2cccnc2)c(N)c1. The molecule has 0 aliphatic carbocycles. The summed E-state index contributed by atoms with van der Waals surface area (Å²) in [6.07, 6.45) is 3.23. The molecule has 0 saturated heterocycles. The number of pyridine rings is 1. The summed E-state index contributed by atoms with van der Waals surface area (Å²) in [7, 11) is 0. The number of esters is 1. The van der Waals surface area contributed by atoms with Gasteiger partial charge in [0.15, 0.2) is 0 Å². The molecule has 0 atom stereocenters. The standard InChI is InChI=1S/C14H14N2O3/c1-2-18-14(17)10-5-6-13(12(15)8-10)19-11-4-3-7-16-9-11/h3-9H,2,15H2,1H3. The summed E-state index contributed by atoms with van der Waals surface area (Å²) in [6, 6.07) is 8.31. The van der Waals surface area contributed by atoms with Crippen LogP contribution in [0.15, 0.2) is 42.7 Å². The lowest BCUT2D eigenvalue weighted by molar-refractivity contribution is 0.0526. The summed E-state index contributed by atoms with van der Waals surface area (Å²) in [4.78, 5) is 15.5. The fourth-order valence-corrected chi connectivity index (χ4v) is 1.52. The van der Waals surface area contributed by atoms with Crippen LogP contribution >= 0.6 is 0 Å². The van der Waals surface area contributed by atoms with Crippen LogP contribution in [-0.4, -0.2) is 17.6 Å². The Morgan fingerprint density at radius 3 is 2.84 bits per heavy atom. The van der Waals surface area contributed by atoms with E-state index in [2.05, 4.69) is 4.98 Å². The molecule has 0 radical (unpaired) electrons. The molecule has 98 valence electrons. The van der Waals surface area contributed by atoms with Crippen molar-refractivity contribution in [2.75, 3.05) is 12.3 Å². The van der Waals surface area contributed by atoms with Crippen molar-refractivity contribution in [3.05, 3.63) is 48.3 Å². The van der Waals surface area contributed by atoms with Gasteiger partial charge in [0.2, 0.25) is 0 Å². The fourth-order valence-electron chi connectivity index (χ4n) is 1.52. The predicted octanol–water partition coefficient (Wildman–Crippen LogP) is 2.63. The number of nitrogens with two attached hydrogens (primary N) is 1. The van der Waals surface area contributed by atoms with Crippen molar-refractivity contribution in [3.8, 4) is 11.5 Å². The van der Waals surface area contributed by atoms with Gasteiger partial charge < -0.3 is 15.2 Å². The van der Waals surface area contributed by atoms with Crippen molar-refractivity contribution >= 4 is 11.7 Å². The number of carbonyl (C=O) groups excluding carboxylic acids is 1. The second-order valence-corrected chi connectivity index (χ2v) is 3.76. The Morgan fingerprint density at radius 2 is 2.21 bits per heavy atom. The van der Waals surface area contributed by atoms with Gasteiger partial charge in [-0.3, -0.25) is 4.98 Å². The van der Waals surface area contributed by atoms with Crippen molar-refractivity contribution in [1.82, 2.24) is 4.98 Å². The first-order valence-electron chi connectivity index (χ1n) is 5.85. The molecule has 2 N–H and O–H groups in total. The lowest BCUT2D eigenvalue weighted by atomic mass is 10.2. The van der Waals surface area contributed by atoms with Gasteiger partial charge in [-0.15, -0.1) is 0 Å². The predicted molar refractivity (Wildman–Crippen MR) is 71.1 cm³/mol. The molecular weight excluding hydrogens is 244 g/mol. The number of benzene rings is 1. The number of nitrogens with zero attached hydrogens (tertiary/aromatic N) is 1. The van der Waals surface area contributed by atoms with Gasteiger partial charge in [0.25, 0.3) is 0 Å². The number of nitrogen functional groups attached to an aromatic ring is 1. The molecule has 0 aliphatic rings. The van der Waals surface area contributed by atoms with Gasteiger partial charge in [0.05, 0.1) is 24.1 Å². The van der Waals surface area contributed by atoms with Crippen LogP contribution in [0.5, 0.6) is 11.5 Å². The molecule has 0 fully saturated rings. The molecule has 5 nitrogen and oxygen atoms in total. The monoisotopic (exact) mass is 258 g/mol. The van der Waals surface area contributed by atoms with Gasteiger partial charge >= 0.3 is 5.97 Å². The van der Waals surface area contributed by atoms with Gasteiger partial charge in [0.1, 0.15) is 11.5 Å². The normalized spacial score (nSPS) is 9.95. The highest BCUT2D eigenvalue weighted by Gasteiger charge is 2.10. The Morgan fingerprint density at radius 1 is 1.37 bits per heavy atom. The van der Waals surface area contributed by atoms with Crippen LogP contribution in [-0.2, 0) is 4.74 Å². The van der Waals surface area contributed by atoms with Crippen molar-refractivity contribution in [2.24, 2.45) is 0 Å². The number of ether oxygens (including phenoxy) is 2. The van der Waals surface area contributed by atoms with Crippen LogP contribution in [0.2, 0.25) is 0 Å². The zero-order valence-electron chi connectivity index (χ0n) is 10.5. The van der Waals surface area contributed by atoms with Crippen LogP contribution in [0.25, 0.3) is 0 Å². The maximum absolute atomic E-state index is 11.5. The Kier molecular flexibility index (Phi) is 3.97. The summed E-state index contributed by atoms with van der Waals surface area (Å²) in [6.45, 7) is 2.08. The average molecular weight is 258 g/mol. The molecule has 1 aromatic heterocycles. The quantitative estimate of drug-likeness (QED) is 0.674. The number of aromatic nitrogens is 1. The second-order valence-electron chi connectivity index (χ2n) is 3.76. The average Bonchev–Trinajstić information content (AvgIpc) is 2.42. The Labute approximate surface area is 111 Å². The third-order valence-electron chi connectivity index (χ3n) is 2.38. The topological polar surface area (TPSA) is 74.4 Å². The lowest BCUT2D eigenvalue weighted by Crippen LogP contribution is -2.05. The molecule has 0 bridgehead atoms. The fraction of sp³-hybridized carbons (Fsp3) is 0.143. The van der Waals surface area contributed by atoms with E-state index in [1.165, 1.54) is 6.07 Å². The highest BCUT2D eigenvalue weighted by Crippen LogP contribution is 2.27. The van der Waals surface area contributed by atoms with Crippen LogP contribution < -0.4 is 10.5 Å². The molecule has 1 aromatic carbocycles. The number of hydrogen-bond donors (Lipinski definition) is 1. The minimum absolute atomic E-state index is 0.326. The molecular formula is C14H14N2O3. The first-order chi connectivity index (χ1) is 9.20. The summed E-state index contributed by atoms with van der Waals surface area (Å²) in [5.41, 5.74) is 6.62. The van der Waals surface area contributed by atoms with E-state index in [1.54, 1.807) is 43.6 Å². The van der Waals surface area contributed by atoms with Crippen molar-refractivity contribution < 1.29 is 14.3 Å². The van der Waals surface area contributed by atoms with Crippen molar-refractivity contribution in [2.45, 2.75) is 6.92 Å². The van der Waals surface area contributed by atoms with E-state index in [-0.39, 0.29) is 0 Å². The smallest absolute Gasteiger partial charge is 0.338 e. The highest BCUT2D eigenvalue weighted by molar-refractivity contribution is 5.91. The van der Waals surface area contributed by atoms with E-state index >= 15 is 0 Å². The molecule has 5 heteroatoms. The third-order valence-corrected chi connectivity index (χ3v) is 2.38. The molecule has 0 unspecified atom stereocenters. The highest BCUT2D eigenvalue weighted by atomic mass is 16.5. The zero-order chi connectivity index (χ0) is 13.7. The molecule has 0 spiro atoms. The van der Waals surface area contributed by atoms with E-state index < -0.39 is 5.97 Å². The Bertz CT molecular complexity index is 570. The first kappa shape index (κ1) is 12.9. The van der Waals surface area contributed by atoms with Gasteiger partial charge in [-0.05, 0) is 37.3 Å². The lowest BCUT2D eigenvalue weighted by Gasteiger charge is -2.09. The molecule has 0 amide bonds. The van der Waals surface area contributed by atoms with Crippen molar-refractivity contribution in [1.29, 1.82) is 0 Å². The third kappa shape index (κ3) is 3.22. The number of rotatable bonds is 4. The summed E-state index contributed by atoms with van der Waals surface area (Å²) >= 11 is 0. The molecule has 0 aliphatic heterocycles. The Balaban J connectivity index is 2.18. The van der Waals surface area contributed by atoms with Gasteiger partial charge in [0, 0.05) is 6.20 Å². The molecule has 19 heavy (non-hydrogen) atoms. The second kappa shape index (κ2) is 5.86. The van der Waals surface area contributed by atoms with E-state index in [0.29, 0.717) is 29.4 Å². The minimum atomic E-state index is -0.401. The van der Waals surface area contributed by atoms with Gasteiger partial charge in [-0.1, -0.05) is 0 Å². The summed E-state index contributed by atoms with van der Waals surface area (Å²) in [5, 5.41) is 0. The summed E-state index contributed by atoms with van der Waals surface area (Å²) in [5.74, 6) is 0.654. The van der Waals surface area contributed by atoms with Gasteiger partial charge in [-0.25, -0.2) is 4.79 Å². The first-order valence-corrected chi connectivity index (χ1v) is 5.85. The minimum Gasteiger partial charge on any atom is -0.462 e. The maximum Gasteiger partial charge on any atom is 0.338 e.